The molecular weight excluding hydrogens is 511 g/mol. The van der Waals surface area contributed by atoms with E-state index in [0.29, 0.717) is 35.5 Å². The third kappa shape index (κ3) is 4.78. The number of hydrogen-bond donors (Lipinski definition) is 0. The standard InChI is InChI=1S/C30H31FN6O3/c1-3-40-30(39)25-17-32-37(28(25)24-16-23(24)26-18-35(2)34-33-26)20-10-7-9-19(15-20)21-11-8-12-22(27(21)31)29(38)36-13-5-4-6-14-36/h7-12,15,17-18,23-24H,3-6,13-14,16H2,1-2H3. The quantitative estimate of drug-likeness (QED) is 0.309. The van der Waals surface area contributed by atoms with Gasteiger partial charge in [0.15, 0.2) is 0 Å². The van der Waals surface area contributed by atoms with Gasteiger partial charge in [-0.05, 0) is 56.4 Å². The molecule has 2 unspecified atom stereocenters. The van der Waals surface area contributed by atoms with Crippen LogP contribution in [0.25, 0.3) is 16.8 Å². The SMILES string of the molecule is CCOC(=O)c1cnn(-c2cccc(-c3cccc(C(=O)N4CCCCC4)c3F)c2)c1C1CC1c1cn(C)nn1. The van der Waals surface area contributed by atoms with E-state index in [0.717, 1.165) is 37.1 Å². The van der Waals surface area contributed by atoms with Gasteiger partial charge in [0.2, 0.25) is 0 Å². The van der Waals surface area contributed by atoms with Gasteiger partial charge in [-0.2, -0.15) is 5.10 Å². The number of halogens is 1. The number of benzene rings is 2. The molecule has 1 amide bonds. The Labute approximate surface area is 231 Å². The van der Waals surface area contributed by atoms with E-state index in [1.54, 1.807) is 39.4 Å². The van der Waals surface area contributed by atoms with Crippen LogP contribution >= 0.6 is 0 Å². The van der Waals surface area contributed by atoms with Crippen LogP contribution < -0.4 is 0 Å². The maximum absolute atomic E-state index is 15.8. The molecule has 2 aromatic carbocycles. The Bertz CT molecular complexity index is 1570. The van der Waals surface area contributed by atoms with Crippen LogP contribution in [0.1, 0.15) is 76.5 Å². The van der Waals surface area contributed by atoms with Gasteiger partial charge < -0.3 is 9.64 Å². The molecule has 0 radical (unpaired) electrons. The number of aryl methyl sites for hydroxylation is 1. The van der Waals surface area contributed by atoms with Crippen molar-refractivity contribution in [2.24, 2.45) is 7.05 Å². The second-order valence-corrected chi connectivity index (χ2v) is 10.4. The van der Waals surface area contributed by atoms with E-state index in [-0.39, 0.29) is 29.9 Å². The largest absolute Gasteiger partial charge is 0.462 e. The molecular formula is C30H31FN6O3. The Kier molecular flexibility index (Phi) is 6.91. The zero-order valence-electron chi connectivity index (χ0n) is 22.6. The van der Waals surface area contributed by atoms with E-state index in [1.165, 1.54) is 6.20 Å². The van der Waals surface area contributed by atoms with Crippen molar-refractivity contribution in [1.82, 2.24) is 29.7 Å². The fourth-order valence-electron chi connectivity index (χ4n) is 5.64. The van der Waals surface area contributed by atoms with Gasteiger partial charge in [-0.3, -0.25) is 9.48 Å². The van der Waals surface area contributed by atoms with Crippen molar-refractivity contribution in [2.75, 3.05) is 19.7 Å². The highest BCUT2D eigenvalue weighted by molar-refractivity contribution is 5.96. The lowest BCUT2D eigenvalue weighted by molar-refractivity contribution is 0.0524. The highest BCUT2D eigenvalue weighted by Crippen LogP contribution is 2.55. The molecule has 2 atom stereocenters. The molecule has 9 nitrogen and oxygen atoms in total. The topological polar surface area (TPSA) is 95.1 Å². The summed E-state index contributed by atoms with van der Waals surface area (Å²) < 4.78 is 24.5. The lowest BCUT2D eigenvalue weighted by atomic mass is 10.00. The number of carbonyl (C=O) groups excluding carboxylic acids is 2. The third-order valence-corrected chi connectivity index (χ3v) is 7.72. The van der Waals surface area contributed by atoms with Crippen LogP contribution in [-0.2, 0) is 11.8 Å². The Morgan fingerprint density at radius 3 is 2.60 bits per heavy atom. The van der Waals surface area contributed by atoms with Gasteiger partial charge in [0, 0.05) is 43.7 Å². The number of piperidine rings is 1. The molecule has 1 saturated heterocycles. The van der Waals surface area contributed by atoms with Crippen molar-refractivity contribution in [3.05, 3.63) is 83.2 Å². The molecule has 2 fully saturated rings. The second-order valence-electron chi connectivity index (χ2n) is 10.4. The van der Waals surface area contributed by atoms with Crippen LogP contribution in [0.4, 0.5) is 4.39 Å². The number of ether oxygens (including phenoxy) is 1. The molecule has 0 spiro atoms. The molecule has 4 aromatic rings. The zero-order chi connectivity index (χ0) is 27.8. The Morgan fingerprint density at radius 2 is 1.85 bits per heavy atom. The summed E-state index contributed by atoms with van der Waals surface area (Å²) in [5, 5.41) is 12.9. The summed E-state index contributed by atoms with van der Waals surface area (Å²) in [5.74, 6) is -1.12. The number of esters is 1. The lowest BCUT2D eigenvalue weighted by Gasteiger charge is -2.27. The zero-order valence-corrected chi connectivity index (χ0v) is 22.6. The molecule has 0 bridgehead atoms. The van der Waals surface area contributed by atoms with Crippen LogP contribution in [0.5, 0.6) is 0 Å². The summed E-state index contributed by atoms with van der Waals surface area (Å²) in [6.45, 7) is 3.33. The maximum Gasteiger partial charge on any atom is 0.341 e. The molecule has 1 aliphatic heterocycles. The number of nitrogens with zero attached hydrogens (tertiary/aromatic N) is 6. The average Bonchev–Trinajstić information content (AvgIpc) is 3.42. The molecule has 206 valence electrons. The minimum absolute atomic E-state index is 0.00416. The number of amides is 1. The monoisotopic (exact) mass is 542 g/mol. The van der Waals surface area contributed by atoms with E-state index < -0.39 is 11.8 Å². The molecule has 6 rings (SSSR count). The van der Waals surface area contributed by atoms with E-state index in [4.69, 9.17) is 4.74 Å². The van der Waals surface area contributed by atoms with Crippen molar-refractivity contribution in [2.45, 2.75) is 44.4 Å². The van der Waals surface area contributed by atoms with Gasteiger partial charge in [0.25, 0.3) is 5.91 Å². The molecule has 0 N–H and O–H groups in total. The van der Waals surface area contributed by atoms with Crippen molar-refractivity contribution in [1.29, 1.82) is 0 Å². The summed E-state index contributed by atoms with van der Waals surface area (Å²) in [7, 11) is 1.82. The predicted octanol–water partition coefficient (Wildman–Crippen LogP) is 4.88. The molecule has 1 saturated carbocycles. The van der Waals surface area contributed by atoms with E-state index >= 15 is 4.39 Å². The van der Waals surface area contributed by atoms with Crippen molar-refractivity contribution in [3.63, 3.8) is 0 Å². The summed E-state index contributed by atoms with van der Waals surface area (Å²) in [5.41, 5.74) is 3.72. The smallest absolute Gasteiger partial charge is 0.341 e. The van der Waals surface area contributed by atoms with Gasteiger partial charge in [0.05, 0.1) is 35.4 Å². The molecule has 2 aliphatic rings. The normalized spacial score (nSPS) is 18.5. The average molecular weight is 543 g/mol. The van der Waals surface area contributed by atoms with Gasteiger partial charge in [-0.25, -0.2) is 13.9 Å². The van der Waals surface area contributed by atoms with Gasteiger partial charge in [-0.1, -0.05) is 29.5 Å². The number of carbonyl (C=O) groups is 2. The highest BCUT2D eigenvalue weighted by Gasteiger charge is 2.46. The summed E-state index contributed by atoms with van der Waals surface area (Å²) >= 11 is 0. The van der Waals surface area contributed by atoms with Crippen LogP contribution in [0.3, 0.4) is 0 Å². The third-order valence-electron chi connectivity index (χ3n) is 7.72. The fourth-order valence-corrected chi connectivity index (χ4v) is 5.64. The number of aromatic nitrogens is 5. The molecule has 10 heteroatoms. The van der Waals surface area contributed by atoms with Gasteiger partial charge >= 0.3 is 5.97 Å². The van der Waals surface area contributed by atoms with Gasteiger partial charge in [0.1, 0.15) is 11.4 Å². The highest BCUT2D eigenvalue weighted by atomic mass is 19.1. The minimum atomic E-state index is -0.534. The van der Waals surface area contributed by atoms with Crippen LogP contribution in [0.15, 0.2) is 54.9 Å². The first-order valence-electron chi connectivity index (χ1n) is 13.8. The van der Waals surface area contributed by atoms with Crippen molar-refractivity contribution in [3.8, 4) is 16.8 Å². The van der Waals surface area contributed by atoms with Gasteiger partial charge in [-0.15, -0.1) is 5.10 Å². The number of rotatable bonds is 7. The van der Waals surface area contributed by atoms with Crippen molar-refractivity contribution >= 4 is 11.9 Å². The van der Waals surface area contributed by atoms with Crippen LogP contribution in [0.2, 0.25) is 0 Å². The molecule has 40 heavy (non-hydrogen) atoms. The summed E-state index contributed by atoms with van der Waals surface area (Å²) in [4.78, 5) is 27.7. The van der Waals surface area contributed by atoms with E-state index in [2.05, 4.69) is 15.4 Å². The fraction of sp³-hybridized carbons (Fsp3) is 0.367. The van der Waals surface area contributed by atoms with Crippen molar-refractivity contribution < 1.29 is 18.7 Å². The molecule has 1 aliphatic carbocycles. The van der Waals surface area contributed by atoms with E-state index in [9.17, 15) is 9.59 Å². The maximum atomic E-state index is 15.8. The number of likely N-dealkylation sites (tertiary alicyclic amines) is 1. The molecule has 2 aromatic heterocycles. The number of hydrogen-bond acceptors (Lipinski definition) is 6. The Hall–Kier alpha value is -4.34. The Balaban J connectivity index is 1.36. The van der Waals surface area contributed by atoms with Crippen LogP contribution in [0, 0.1) is 5.82 Å². The summed E-state index contributed by atoms with van der Waals surface area (Å²) in [6, 6.07) is 12.3. The summed E-state index contributed by atoms with van der Waals surface area (Å²) in [6.07, 6.45) is 7.18. The van der Waals surface area contributed by atoms with Crippen LogP contribution in [-0.4, -0.2) is 61.2 Å². The minimum Gasteiger partial charge on any atom is -0.462 e. The molecule has 3 heterocycles. The first kappa shape index (κ1) is 25.9. The first-order chi connectivity index (χ1) is 19.5. The second kappa shape index (κ2) is 10.7. The predicted molar refractivity (Wildman–Crippen MR) is 146 cm³/mol. The van der Waals surface area contributed by atoms with E-state index in [1.807, 2.05) is 37.5 Å². The Morgan fingerprint density at radius 1 is 1.05 bits per heavy atom. The first-order valence-corrected chi connectivity index (χ1v) is 13.8. The lowest BCUT2D eigenvalue weighted by Crippen LogP contribution is -2.36.